The molecule has 0 fully saturated rings. The van der Waals surface area contributed by atoms with Crippen molar-refractivity contribution in [2.45, 2.75) is 12.8 Å². The number of aromatic nitrogens is 2. The number of ether oxygens (including phenoxy) is 1. The van der Waals surface area contributed by atoms with Crippen LogP contribution in [0, 0.1) is 5.92 Å². The van der Waals surface area contributed by atoms with Crippen LogP contribution in [0.25, 0.3) is 0 Å². The molecule has 0 bridgehead atoms. The summed E-state index contributed by atoms with van der Waals surface area (Å²) in [6, 6.07) is 9.07. The minimum Gasteiger partial charge on any atom is -0.493 e. The lowest BCUT2D eigenvalue weighted by Gasteiger charge is -2.15. The molecule has 2 aromatic rings. The quantitative estimate of drug-likeness (QED) is 0.877. The fourth-order valence-corrected chi connectivity index (χ4v) is 3.01. The zero-order chi connectivity index (χ0) is 18.0. The zero-order valence-corrected chi connectivity index (χ0v) is 14.3. The third-order valence-corrected chi connectivity index (χ3v) is 4.57. The van der Waals surface area contributed by atoms with Crippen LogP contribution in [-0.4, -0.2) is 28.2 Å². The molecule has 0 radical (unpaired) electrons. The molecule has 0 spiro atoms. The number of nitrogens with one attached hydrogen (secondary N) is 1. The number of fused-ring (bicyclic) bond motifs is 1. The maximum atomic E-state index is 12.4. The number of rotatable bonds is 3. The molecule has 1 amide bonds. The van der Waals surface area contributed by atoms with Gasteiger partial charge in [-0.3, -0.25) is 18.7 Å². The molecule has 1 aromatic carbocycles. The number of para-hydroxylation sites is 1. The van der Waals surface area contributed by atoms with E-state index in [9.17, 15) is 14.4 Å². The summed E-state index contributed by atoms with van der Waals surface area (Å²) in [6.45, 7) is 1.06. The van der Waals surface area contributed by atoms with Crippen LogP contribution in [0.2, 0.25) is 0 Å². The van der Waals surface area contributed by atoms with Crippen molar-refractivity contribution in [1.29, 1.82) is 0 Å². The van der Waals surface area contributed by atoms with Crippen LogP contribution in [0.1, 0.15) is 22.5 Å². The van der Waals surface area contributed by atoms with Crippen LogP contribution in [0.4, 0.5) is 0 Å². The summed E-state index contributed by atoms with van der Waals surface area (Å²) >= 11 is 0. The highest BCUT2D eigenvalue weighted by molar-refractivity contribution is 5.92. The van der Waals surface area contributed by atoms with Gasteiger partial charge in [0.1, 0.15) is 11.4 Å². The van der Waals surface area contributed by atoms with E-state index >= 15 is 0 Å². The first kappa shape index (κ1) is 17.0. The standard InChI is InChI=1S/C18H21N3O4/c1-20-14(10-16(22)21(2)18(20)24)17(23)19-11-12-7-8-25-15-6-4-3-5-13(15)9-12/h3-6,10,12H,7-9,11H2,1-2H3,(H,19,23). The molecular weight excluding hydrogens is 322 g/mol. The second kappa shape index (κ2) is 6.96. The molecule has 0 aliphatic carbocycles. The third kappa shape index (κ3) is 3.50. The molecule has 2 heterocycles. The third-order valence-electron chi connectivity index (χ3n) is 4.57. The van der Waals surface area contributed by atoms with E-state index < -0.39 is 17.2 Å². The SMILES string of the molecule is Cn1c(C(=O)NCC2CCOc3ccccc3C2)cc(=O)n(C)c1=O. The average molecular weight is 343 g/mol. The fraction of sp³-hybridized carbons (Fsp3) is 0.389. The molecule has 25 heavy (non-hydrogen) atoms. The highest BCUT2D eigenvalue weighted by atomic mass is 16.5. The van der Waals surface area contributed by atoms with Gasteiger partial charge in [0, 0.05) is 26.7 Å². The molecule has 1 atom stereocenters. The van der Waals surface area contributed by atoms with E-state index in [0.717, 1.165) is 28.7 Å². The van der Waals surface area contributed by atoms with Crippen LogP contribution in [-0.2, 0) is 20.5 Å². The molecule has 1 N–H and O–H groups in total. The average Bonchev–Trinajstić information content (AvgIpc) is 2.82. The highest BCUT2D eigenvalue weighted by Gasteiger charge is 2.19. The van der Waals surface area contributed by atoms with Crippen molar-refractivity contribution in [3.8, 4) is 5.75 Å². The van der Waals surface area contributed by atoms with Gasteiger partial charge in [0.15, 0.2) is 0 Å². The minimum absolute atomic E-state index is 0.0679. The predicted octanol–water partition coefficient (Wildman–Crippen LogP) is 0.455. The Morgan fingerprint density at radius 2 is 2.00 bits per heavy atom. The first-order chi connectivity index (χ1) is 12.0. The van der Waals surface area contributed by atoms with Gasteiger partial charge >= 0.3 is 5.69 Å². The molecule has 1 aromatic heterocycles. The molecule has 132 valence electrons. The summed E-state index contributed by atoms with van der Waals surface area (Å²) < 4.78 is 7.88. The predicted molar refractivity (Wildman–Crippen MR) is 93.0 cm³/mol. The maximum absolute atomic E-state index is 12.4. The minimum atomic E-state index is -0.519. The van der Waals surface area contributed by atoms with Crippen LogP contribution in [0.3, 0.4) is 0 Å². The summed E-state index contributed by atoms with van der Waals surface area (Å²) in [5.74, 6) is 0.706. The Kier molecular flexibility index (Phi) is 4.74. The van der Waals surface area contributed by atoms with Gasteiger partial charge in [-0.15, -0.1) is 0 Å². The highest BCUT2D eigenvalue weighted by Crippen LogP contribution is 2.26. The van der Waals surface area contributed by atoms with Gasteiger partial charge in [0.05, 0.1) is 6.61 Å². The first-order valence-corrected chi connectivity index (χ1v) is 8.23. The number of hydrogen-bond donors (Lipinski definition) is 1. The fourth-order valence-electron chi connectivity index (χ4n) is 3.01. The summed E-state index contributed by atoms with van der Waals surface area (Å²) in [7, 11) is 2.86. The summed E-state index contributed by atoms with van der Waals surface area (Å²) in [4.78, 5) is 36.1. The van der Waals surface area contributed by atoms with E-state index in [1.807, 2.05) is 24.3 Å². The van der Waals surface area contributed by atoms with Crippen molar-refractivity contribution in [2.24, 2.45) is 20.0 Å². The van der Waals surface area contributed by atoms with Gasteiger partial charge in [-0.2, -0.15) is 0 Å². The lowest BCUT2D eigenvalue weighted by Crippen LogP contribution is -2.42. The summed E-state index contributed by atoms with van der Waals surface area (Å²) in [5.41, 5.74) is 0.179. The Labute approximate surface area is 144 Å². The maximum Gasteiger partial charge on any atom is 0.331 e. The van der Waals surface area contributed by atoms with Crippen LogP contribution in [0.15, 0.2) is 39.9 Å². The smallest absolute Gasteiger partial charge is 0.331 e. The molecular formula is C18H21N3O4. The Morgan fingerprint density at radius 3 is 2.80 bits per heavy atom. The molecule has 7 heteroatoms. The van der Waals surface area contributed by atoms with Gasteiger partial charge in [-0.25, -0.2) is 4.79 Å². The Hall–Kier alpha value is -2.83. The lowest BCUT2D eigenvalue weighted by molar-refractivity contribution is 0.0935. The van der Waals surface area contributed by atoms with Crippen molar-refractivity contribution in [3.05, 3.63) is 62.4 Å². The number of amides is 1. The zero-order valence-electron chi connectivity index (χ0n) is 14.3. The van der Waals surface area contributed by atoms with E-state index in [4.69, 9.17) is 4.74 Å². The Bertz CT molecular complexity index is 913. The van der Waals surface area contributed by atoms with Gasteiger partial charge in [-0.1, -0.05) is 18.2 Å². The van der Waals surface area contributed by atoms with E-state index in [0.29, 0.717) is 13.2 Å². The molecule has 1 unspecified atom stereocenters. The Balaban J connectivity index is 1.71. The molecule has 1 aliphatic rings. The summed E-state index contributed by atoms with van der Waals surface area (Å²) in [6.07, 6.45) is 1.64. The van der Waals surface area contributed by atoms with E-state index in [1.165, 1.54) is 24.7 Å². The molecule has 1 aliphatic heterocycles. The van der Waals surface area contributed by atoms with Crippen molar-refractivity contribution in [2.75, 3.05) is 13.2 Å². The lowest BCUT2D eigenvalue weighted by atomic mass is 9.97. The number of nitrogens with zero attached hydrogens (tertiary/aromatic N) is 2. The number of benzene rings is 1. The van der Waals surface area contributed by atoms with Crippen LogP contribution >= 0.6 is 0 Å². The number of carbonyl (C=O) groups is 1. The van der Waals surface area contributed by atoms with E-state index in [-0.39, 0.29) is 11.6 Å². The monoisotopic (exact) mass is 343 g/mol. The van der Waals surface area contributed by atoms with E-state index in [1.54, 1.807) is 0 Å². The van der Waals surface area contributed by atoms with Crippen molar-refractivity contribution >= 4 is 5.91 Å². The normalized spacial score (nSPS) is 16.5. The van der Waals surface area contributed by atoms with E-state index in [2.05, 4.69) is 5.32 Å². The summed E-state index contributed by atoms with van der Waals surface area (Å²) in [5, 5.41) is 2.84. The van der Waals surface area contributed by atoms with Crippen molar-refractivity contribution in [3.63, 3.8) is 0 Å². The Morgan fingerprint density at radius 1 is 1.24 bits per heavy atom. The van der Waals surface area contributed by atoms with Crippen LogP contribution < -0.4 is 21.3 Å². The second-order valence-electron chi connectivity index (χ2n) is 6.29. The second-order valence-corrected chi connectivity index (χ2v) is 6.29. The molecule has 3 rings (SSSR count). The van der Waals surface area contributed by atoms with Gasteiger partial charge < -0.3 is 10.1 Å². The van der Waals surface area contributed by atoms with Crippen molar-refractivity contribution in [1.82, 2.24) is 14.5 Å². The first-order valence-electron chi connectivity index (χ1n) is 8.23. The number of carbonyl (C=O) groups excluding carboxylic acids is 1. The molecule has 7 nitrogen and oxygen atoms in total. The van der Waals surface area contributed by atoms with Gasteiger partial charge in [0.2, 0.25) is 0 Å². The largest absolute Gasteiger partial charge is 0.493 e. The molecule has 0 saturated carbocycles. The topological polar surface area (TPSA) is 82.3 Å². The van der Waals surface area contributed by atoms with Crippen LogP contribution in [0.5, 0.6) is 5.75 Å². The molecule has 0 saturated heterocycles. The van der Waals surface area contributed by atoms with Crippen molar-refractivity contribution < 1.29 is 9.53 Å². The van der Waals surface area contributed by atoms with Gasteiger partial charge in [-0.05, 0) is 30.4 Å². The number of hydrogen-bond acceptors (Lipinski definition) is 4. The van der Waals surface area contributed by atoms with Gasteiger partial charge in [0.25, 0.3) is 11.5 Å².